The van der Waals surface area contributed by atoms with Gasteiger partial charge in [0.25, 0.3) is 0 Å². The predicted molar refractivity (Wildman–Crippen MR) is 86.8 cm³/mol. The number of rotatable bonds is 4. The molecule has 1 heterocycles. The quantitative estimate of drug-likeness (QED) is 0.767. The Bertz CT molecular complexity index is 782. The van der Waals surface area contributed by atoms with E-state index in [1.54, 1.807) is 0 Å². The number of benzene rings is 2. The molecule has 0 amide bonds. The summed E-state index contributed by atoms with van der Waals surface area (Å²) in [6.07, 6.45) is 1.31. The molecule has 0 saturated heterocycles. The number of aromatic amines is 1. The maximum Gasteiger partial charge on any atom is 0.139 e. The van der Waals surface area contributed by atoms with Crippen molar-refractivity contribution in [2.24, 2.45) is 5.73 Å². The predicted octanol–water partition coefficient (Wildman–Crippen LogP) is 3.93. The van der Waals surface area contributed by atoms with E-state index in [-0.39, 0.29) is 31.4 Å². The Morgan fingerprint density at radius 1 is 1.14 bits per heavy atom. The molecule has 0 spiro atoms. The first-order chi connectivity index (χ1) is 9.78. The molecule has 0 unspecified atom stereocenters. The first-order valence-electron chi connectivity index (χ1n) is 6.46. The molecular formula is C16H16ClFN2O. The smallest absolute Gasteiger partial charge is 0.139 e. The van der Waals surface area contributed by atoms with E-state index in [0.717, 1.165) is 16.4 Å². The Morgan fingerprint density at radius 3 is 2.71 bits per heavy atom. The molecule has 0 atom stereocenters. The fourth-order valence-corrected chi connectivity index (χ4v) is 2.26. The number of fused-ring (bicyclic) bond motifs is 3. The first kappa shape index (κ1) is 15.4. The Hall–Kier alpha value is -2.04. The number of H-pyrrole nitrogens is 1. The van der Waals surface area contributed by atoms with Crippen LogP contribution in [0.3, 0.4) is 0 Å². The van der Waals surface area contributed by atoms with Crippen LogP contribution in [0.4, 0.5) is 4.39 Å². The lowest BCUT2D eigenvalue weighted by Crippen LogP contribution is -2.01. The summed E-state index contributed by atoms with van der Waals surface area (Å²) in [7, 11) is 0. The van der Waals surface area contributed by atoms with Crippen molar-refractivity contribution in [2.75, 3.05) is 13.2 Å². The van der Waals surface area contributed by atoms with Gasteiger partial charge in [-0.25, -0.2) is 4.39 Å². The van der Waals surface area contributed by atoms with E-state index in [2.05, 4.69) is 11.1 Å². The average molecular weight is 307 g/mol. The minimum atomic E-state index is -0.357. The Balaban J connectivity index is 0.00000161. The van der Waals surface area contributed by atoms with Crippen LogP contribution in [0.15, 0.2) is 54.4 Å². The molecule has 3 rings (SSSR count). The number of hydrogen-bond acceptors (Lipinski definition) is 2. The van der Waals surface area contributed by atoms with E-state index in [1.165, 1.54) is 11.5 Å². The summed E-state index contributed by atoms with van der Waals surface area (Å²) in [6.45, 7) is 0.0825. The minimum absolute atomic E-state index is 0. The highest BCUT2D eigenvalue weighted by atomic mass is 35.5. The van der Waals surface area contributed by atoms with Crippen LogP contribution >= 0.6 is 12.4 Å². The van der Waals surface area contributed by atoms with E-state index in [1.807, 2.05) is 36.4 Å². The molecule has 2 aromatic carbocycles. The summed E-state index contributed by atoms with van der Waals surface area (Å²) in [6, 6.07) is 13.8. The van der Waals surface area contributed by atoms with Crippen molar-refractivity contribution in [1.29, 1.82) is 0 Å². The lowest BCUT2D eigenvalue weighted by molar-refractivity contribution is 0.318. The van der Waals surface area contributed by atoms with Gasteiger partial charge in [-0.2, -0.15) is 0 Å². The summed E-state index contributed by atoms with van der Waals surface area (Å²) in [4.78, 5) is 3.32. The number of aromatic nitrogens is 1. The van der Waals surface area contributed by atoms with E-state index in [4.69, 9.17) is 10.5 Å². The molecule has 0 aliphatic rings. The molecule has 0 fully saturated rings. The minimum Gasteiger partial charge on any atom is -0.486 e. The van der Waals surface area contributed by atoms with Crippen LogP contribution in [0.25, 0.3) is 21.8 Å². The lowest BCUT2D eigenvalue weighted by atomic mass is 10.1. The SMILES string of the molecule is Cl.NCC=C(F)COc1ccc2c(c1)[nH]c1ccccc12. The zero-order valence-corrected chi connectivity index (χ0v) is 12.1. The van der Waals surface area contributed by atoms with Gasteiger partial charge < -0.3 is 15.5 Å². The molecule has 3 N–H and O–H groups in total. The number of ether oxygens (including phenoxy) is 1. The van der Waals surface area contributed by atoms with Gasteiger partial charge >= 0.3 is 0 Å². The van der Waals surface area contributed by atoms with E-state index in [0.29, 0.717) is 5.75 Å². The molecule has 0 saturated carbocycles. The summed E-state index contributed by atoms with van der Waals surface area (Å²) < 4.78 is 18.6. The van der Waals surface area contributed by atoms with Crippen LogP contribution in [0.2, 0.25) is 0 Å². The summed E-state index contributed by atoms with van der Waals surface area (Å²) >= 11 is 0. The Labute approximate surface area is 128 Å². The third-order valence-electron chi connectivity index (χ3n) is 3.19. The second-order valence-corrected chi connectivity index (χ2v) is 4.55. The van der Waals surface area contributed by atoms with Crippen LogP contribution in [-0.2, 0) is 0 Å². The molecule has 0 radical (unpaired) electrons. The number of nitrogens with one attached hydrogen (secondary N) is 1. The largest absolute Gasteiger partial charge is 0.486 e. The zero-order valence-electron chi connectivity index (χ0n) is 11.3. The highest BCUT2D eigenvalue weighted by molar-refractivity contribution is 6.07. The first-order valence-corrected chi connectivity index (χ1v) is 6.46. The van der Waals surface area contributed by atoms with E-state index in [9.17, 15) is 4.39 Å². The Kier molecular flexibility index (Phi) is 4.83. The van der Waals surface area contributed by atoms with Gasteiger partial charge in [-0.05, 0) is 24.3 Å². The fraction of sp³-hybridized carbons (Fsp3) is 0.125. The number of para-hydroxylation sites is 1. The molecule has 0 aliphatic carbocycles. The molecular weight excluding hydrogens is 291 g/mol. The van der Waals surface area contributed by atoms with Gasteiger partial charge in [-0.1, -0.05) is 18.2 Å². The number of hydrogen-bond donors (Lipinski definition) is 2. The van der Waals surface area contributed by atoms with Crippen molar-refractivity contribution in [2.45, 2.75) is 0 Å². The molecule has 0 bridgehead atoms. The van der Waals surface area contributed by atoms with Crippen molar-refractivity contribution >= 4 is 34.2 Å². The Morgan fingerprint density at radius 2 is 1.90 bits per heavy atom. The van der Waals surface area contributed by atoms with Crippen LogP contribution in [0.5, 0.6) is 5.75 Å². The molecule has 110 valence electrons. The van der Waals surface area contributed by atoms with Crippen LogP contribution in [0.1, 0.15) is 0 Å². The topological polar surface area (TPSA) is 51.0 Å². The fourth-order valence-electron chi connectivity index (χ4n) is 2.26. The van der Waals surface area contributed by atoms with Gasteiger partial charge in [0.05, 0.1) is 5.52 Å². The third-order valence-corrected chi connectivity index (χ3v) is 3.19. The van der Waals surface area contributed by atoms with Crippen LogP contribution in [-0.4, -0.2) is 18.1 Å². The molecule has 3 aromatic rings. The van der Waals surface area contributed by atoms with Gasteiger partial charge in [0, 0.05) is 28.9 Å². The van der Waals surface area contributed by atoms with Gasteiger partial charge in [-0.3, -0.25) is 0 Å². The van der Waals surface area contributed by atoms with Gasteiger partial charge in [-0.15, -0.1) is 12.4 Å². The summed E-state index contributed by atoms with van der Waals surface area (Å²) in [5, 5.41) is 2.30. The van der Waals surface area contributed by atoms with Gasteiger partial charge in [0.1, 0.15) is 18.2 Å². The maximum atomic E-state index is 13.2. The number of halogens is 2. The second-order valence-electron chi connectivity index (χ2n) is 4.55. The van der Waals surface area contributed by atoms with Crippen molar-refractivity contribution in [3.63, 3.8) is 0 Å². The molecule has 0 aliphatic heterocycles. The van der Waals surface area contributed by atoms with Gasteiger partial charge in [0.2, 0.25) is 0 Å². The second kappa shape index (κ2) is 6.61. The van der Waals surface area contributed by atoms with Crippen molar-refractivity contribution in [3.8, 4) is 5.75 Å². The van der Waals surface area contributed by atoms with E-state index >= 15 is 0 Å². The molecule has 1 aromatic heterocycles. The standard InChI is InChI=1S/C16H15FN2O.ClH/c17-11(7-8-18)10-20-12-5-6-14-13-3-1-2-4-15(13)19-16(14)9-12;/h1-7,9,19H,8,10,18H2;1H. The number of nitrogens with two attached hydrogens (primary N) is 1. The maximum absolute atomic E-state index is 13.2. The molecule has 21 heavy (non-hydrogen) atoms. The van der Waals surface area contributed by atoms with Gasteiger partial charge in [0.15, 0.2) is 0 Å². The van der Waals surface area contributed by atoms with Crippen molar-refractivity contribution < 1.29 is 9.13 Å². The zero-order chi connectivity index (χ0) is 13.9. The summed E-state index contributed by atoms with van der Waals surface area (Å²) in [5.41, 5.74) is 7.30. The average Bonchev–Trinajstić information content (AvgIpc) is 2.83. The van der Waals surface area contributed by atoms with Crippen LogP contribution < -0.4 is 10.5 Å². The molecule has 3 nitrogen and oxygen atoms in total. The van der Waals surface area contributed by atoms with Crippen molar-refractivity contribution in [3.05, 3.63) is 54.4 Å². The highest BCUT2D eigenvalue weighted by Gasteiger charge is 2.05. The lowest BCUT2D eigenvalue weighted by Gasteiger charge is -2.04. The monoisotopic (exact) mass is 306 g/mol. The normalized spacial score (nSPS) is 11.6. The van der Waals surface area contributed by atoms with E-state index < -0.39 is 0 Å². The summed E-state index contributed by atoms with van der Waals surface area (Å²) in [5.74, 6) is 0.272. The highest BCUT2D eigenvalue weighted by Crippen LogP contribution is 2.28. The molecule has 5 heteroatoms. The van der Waals surface area contributed by atoms with Crippen molar-refractivity contribution in [1.82, 2.24) is 4.98 Å². The third kappa shape index (κ3) is 3.17. The van der Waals surface area contributed by atoms with Crippen LogP contribution in [0, 0.1) is 0 Å².